The fourth-order valence-electron chi connectivity index (χ4n) is 1.95. The van der Waals surface area contributed by atoms with Gasteiger partial charge in [0.1, 0.15) is 0 Å². The van der Waals surface area contributed by atoms with E-state index in [0.29, 0.717) is 5.75 Å². The Labute approximate surface area is 133 Å². The molecule has 0 spiro atoms. The lowest BCUT2D eigenvalue weighted by molar-refractivity contribution is 0.795. The lowest BCUT2D eigenvalue weighted by Crippen LogP contribution is -1.95. The van der Waals surface area contributed by atoms with Gasteiger partial charge in [-0.2, -0.15) is 0 Å². The molecule has 1 aromatic carbocycles. The van der Waals surface area contributed by atoms with Crippen molar-refractivity contribution in [1.82, 2.24) is 19.7 Å². The van der Waals surface area contributed by atoms with Gasteiger partial charge in [0, 0.05) is 30.6 Å². The average molecular weight is 306 g/mol. The highest BCUT2D eigenvalue weighted by Crippen LogP contribution is 2.21. The maximum absolute atomic E-state index is 4.24. The van der Waals surface area contributed by atoms with Crippen LogP contribution >= 0.6 is 11.8 Å². The monoisotopic (exact) mass is 306 g/mol. The van der Waals surface area contributed by atoms with E-state index in [1.807, 2.05) is 54.1 Å². The van der Waals surface area contributed by atoms with E-state index in [0.717, 1.165) is 22.1 Å². The number of pyridine rings is 1. The van der Waals surface area contributed by atoms with Crippen LogP contribution in [0.2, 0.25) is 0 Å². The summed E-state index contributed by atoms with van der Waals surface area (Å²) in [5.41, 5.74) is 2.03. The molecular formula is C17H14N4S. The highest BCUT2D eigenvalue weighted by Gasteiger charge is 2.10. The van der Waals surface area contributed by atoms with Crippen LogP contribution in [0.15, 0.2) is 60.0 Å². The normalized spacial score (nSPS) is 10.0. The van der Waals surface area contributed by atoms with E-state index in [-0.39, 0.29) is 0 Å². The Kier molecular flexibility index (Phi) is 4.52. The van der Waals surface area contributed by atoms with Crippen molar-refractivity contribution in [2.24, 2.45) is 7.05 Å². The summed E-state index contributed by atoms with van der Waals surface area (Å²) in [6, 6.07) is 13.8. The van der Waals surface area contributed by atoms with Gasteiger partial charge in [0.25, 0.3) is 0 Å². The SMILES string of the molecule is Cn1c(SCC#Cc2ccccc2)nnc1-c1ccncc1. The predicted molar refractivity (Wildman–Crippen MR) is 88.3 cm³/mol. The summed E-state index contributed by atoms with van der Waals surface area (Å²) in [4.78, 5) is 4.02. The van der Waals surface area contributed by atoms with Crippen molar-refractivity contribution in [1.29, 1.82) is 0 Å². The Hall–Kier alpha value is -2.58. The van der Waals surface area contributed by atoms with Crippen molar-refractivity contribution in [3.63, 3.8) is 0 Å². The lowest BCUT2D eigenvalue weighted by atomic mass is 10.2. The molecular weight excluding hydrogens is 292 g/mol. The Morgan fingerprint density at radius 1 is 1.05 bits per heavy atom. The van der Waals surface area contributed by atoms with Crippen molar-refractivity contribution in [3.8, 4) is 23.2 Å². The van der Waals surface area contributed by atoms with Crippen LogP contribution in [0, 0.1) is 11.8 Å². The van der Waals surface area contributed by atoms with Gasteiger partial charge in [0.05, 0.1) is 5.75 Å². The fourth-order valence-corrected chi connectivity index (χ4v) is 2.61. The summed E-state index contributed by atoms with van der Waals surface area (Å²) in [5, 5.41) is 9.32. The molecule has 0 unspecified atom stereocenters. The van der Waals surface area contributed by atoms with Crippen molar-refractivity contribution in [2.75, 3.05) is 5.75 Å². The molecule has 0 atom stereocenters. The zero-order chi connectivity index (χ0) is 15.2. The first-order chi connectivity index (χ1) is 10.8. The van der Waals surface area contributed by atoms with Gasteiger partial charge in [-0.05, 0) is 24.3 Å². The number of nitrogens with zero attached hydrogens (tertiary/aromatic N) is 4. The van der Waals surface area contributed by atoms with Gasteiger partial charge < -0.3 is 4.57 Å². The van der Waals surface area contributed by atoms with Crippen LogP contribution < -0.4 is 0 Å². The third-order valence-electron chi connectivity index (χ3n) is 3.05. The topological polar surface area (TPSA) is 43.6 Å². The fraction of sp³-hybridized carbons (Fsp3) is 0.118. The Morgan fingerprint density at radius 2 is 1.82 bits per heavy atom. The van der Waals surface area contributed by atoms with E-state index in [9.17, 15) is 0 Å². The predicted octanol–water partition coefficient (Wildman–Crippen LogP) is 3.02. The van der Waals surface area contributed by atoms with Crippen molar-refractivity contribution >= 4 is 11.8 Å². The second-order valence-corrected chi connectivity index (χ2v) is 5.50. The molecule has 0 fully saturated rings. The summed E-state index contributed by atoms with van der Waals surface area (Å²) < 4.78 is 1.98. The van der Waals surface area contributed by atoms with Crippen molar-refractivity contribution in [3.05, 3.63) is 60.4 Å². The summed E-state index contributed by atoms with van der Waals surface area (Å²) in [7, 11) is 1.96. The molecule has 0 N–H and O–H groups in total. The standard InChI is InChI=1S/C17H14N4S/c1-21-16(15-9-11-18-12-10-15)19-20-17(21)22-13-5-8-14-6-3-2-4-7-14/h2-4,6-7,9-12H,13H2,1H3. The summed E-state index contributed by atoms with van der Waals surface area (Å²) >= 11 is 1.58. The summed E-state index contributed by atoms with van der Waals surface area (Å²) in [6.07, 6.45) is 3.50. The molecule has 5 heteroatoms. The quantitative estimate of drug-likeness (QED) is 0.551. The number of thioether (sulfide) groups is 1. The molecule has 2 aromatic heterocycles. The molecule has 108 valence electrons. The van der Waals surface area contributed by atoms with Gasteiger partial charge in [0.2, 0.25) is 0 Å². The van der Waals surface area contributed by atoms with Gasteiger partial charge in [-0.15, -0.1) is 10.2 Å². The molecule has 0 aliphatic heterocycles. The lowest BCUT2D eigenvalue weighted by Gasteiger charge is -2.01. The smallest absolute Gasteiger partial charge is 0.192 e. The highest BCUT2D eigenvalue weighted by atomic mass is 32.2. The molecule has 0 saturated heterocycles. The first kappa shape index (κ1) is 14.4. The molecule has 3 aromatic rings. The Balaban J connectivity index is 1.67. The largest absolute Gasteiger partial charge is 0.305 e. The molecule has 4 nitrogen and oxygen atoms in total. The maximum Gasteiger partial charge on any atom is 0.192 e. The number of hydrogen-bond donors (Lipinski definition) is 0. The molecule has 0 amide bonds. The Morgan fingerprint density at radius 3 is 2.59 bits per heavy atom. The van der Waals surface area contributed by atoms with Crippen LogP contribution in [0.1, 0.15) is 5.56 Å². The average Bonchev–Trinajstić information content (AvgIpc) is 2.94. The third kappa shape index (κ3) is 3.35. The van der Waals surface area contributed by atoms with Crippen LogP contribution in [0.5, 0.6) is 0 Å². The minimum absolute atomic E-state index is 0.678. The van der Waals surface area contributed by atoms with Gasteiger partial charge >= 0.3 is 0 Å². The zero-order valence-electron chi connectivity index (χ0n) is 12.1. The summed E-state index contributed by atoms with van der Waals surface area (Å²) in [6.45, 7) is 0. The van der Waals surface area contributed by atoms with Crippen molar-refractivity contribution < 1.29 is 0 Å². The van der Waals surface area contributed by atoms with Crippen LogP contribution in [0.3, 0.4) is 0 Å². The zero-order valence-corrected chi connectivity index (χ0v) is 12.9. The van der Waals surface area contributed by atoms with Crippen LogP contribution in [-0.2, 0) is 7.05 Å². The number of hydrogen-bond acceptors (Lipinski definition) is 4. The number of aromatic nitrogens is 4. The van der Waals surface area contributed by atoms with E-state index in [1.54, 1.807) is 24.2 Å². The minimum Gasteiger partial charge on any atom is -0.305 e. The van der Waals surface area contributed by atoms with E-state index in [4.69, 9.17) is 0 Å². The Bertz CT molecular complexity index is 801. The van der Waals surface area contributed by atoms with E-state index in [2.05, 4.69) is 27.0 Å². The van der Waals surface area contributed by atoms with E-state index < -0.39 is 0 Å². The van der Waals surface area contributed by atoms with Gasteiger partial charge in [-0.25, -0.2) is 0 Å². The first-order valence-electron chi connectivity index (χ1n) is 6.81. The second-order valence-electron chi connectivity index (χ2n) is 4.56. The first-order valence-corrected chi connectivity index (χ1v) is 7.79. The molecule has 22 heavy (non-hydrogen) atoms. The van der Waals surface area contributed by atoms with Crippen molar-refractivity contribution in [2.45, 2.75) is 5.16 Å². The molecule has 0 radical (unpaired) electrons. The van der Waals surface area contributed by atoms with Gasteiger partial charge in [-0.3, -0.25) is 4.98 Å². The van der Waals surface area contributed by atoms with E-state index >= 15 is 0 Å². The third-order valence-corrected chi connectivity index (χ3v) is 3.96. The number of benzene rings is 1. The second kappa shape index (κ2) is 6.92. The molecule has 0 saturated carbocycles. The molecule has 0 bridgehead atoms. The molecule has 0 aliphatic rings. The van der Waals surface area contributed by atoms with Gasteiger partial charge in [-0.1, -0.05) is 41.8 Å². The minimum atomic E-state index is 0.678. The van der Waals surface area contributed by atoms with E-state index in [1.165, 1.54) is 0 Å². The molecule has 0 aliphatic carbocycles. The number of rotatable bonds is 3. The van der Waals surface area contributed by atoms with Gasteiger partial charge in [0.15, 0.2) is 11.0 Å². The highest BCUT2D eigenvalue weighted by molar-refractivity contribution is 7.99. The van der Waals surface area contributed by atoms with Crippen LogP contribution in [0.4, 0.5) is 0 Å². The molecule has 2 heterocycles. The van der Waals surface area contributed by atoms with Crippen LogP contribution in [-0.4, -0.2) is 25.5 Å². The maximum atomic E-state index is 4.24. The molecule has 3 rings (SSSR count). The van der Waals surface area contributed by atoms with Crippen LogP contribution in [0.25, 0.3) is 11.4 Å². The summed E-state index contributed by atoms with van der Waals surface area (Å²) in [5.74, 6) is 7.80.